The molecule has 0 spiro atoms. The molecular formula is C18H27N3O3. The summed E-state index contributed by atoms with van der Waals surface area (Å²) in [5, 5.41) is 6.05. The molecule has 1 aliphatic rings. The Morgan fingerprint density at radius 3 is 2.54 bits per heavy atom. The van der Waals surface area contributed by atoms with Crippen molar-refractivity contribution in [1.82, 2.24) is 15.5 Å². The first-order chi connectivity index (χ1) is 11.5. The molecule has 1 aromatic carbocycles. The van der Waals surface area contributed by atoms with Gasteiger partial charge in [-0.15, -0.1) is 0 Å². The van der Waals surface area contributed by atoms with Crippen molar-refractivity contribution in [1.29, 1.82) is 0 Å². The highest BCUT2D eigenvalue weighted by Crippen LogP contribution is 2.26. The third-order valence-electron chi connectivity index (χ3n) is 4.50. The van der Waals surface area contributed by atoms with E-state index in [4.69, 9.17) is 4.74 Å². The highest BCUT2D eigenvalue weighted by molar-refractivity contribution is 5.75. The SMILES string of the molecule is CC[C@H](NC(=O)NC1CCN(C(C)=O)CC1)c1ccccc1OC. The van der Waals surface area contributed by atoms with Gasteiger partial charge in [-0.3, -0.25) is 4.79 Å². The molecule has 1 saturated heterocycles. The minimum absolute atomic E-state index is 0.0973. The van der Waals surface area contributed by atoms with E-state index in [0.717, 1.165) is 30.6 Å². The summed E-state index contributed by atoms with van der Waals surface area (Å²) in [6, 6.07) is 7.56. The van der Waals surface area contributed by atoms with E-state index in [1.807, 2.05) is 36.1 Å². The zero-order chi connectivity index (χ0) is 17.5. The molecule has 1 heterocycles. The third kappa shape index (κ3) is 4.63. The lowest BCUT2D eigenvalue weighted by atomic mass is 10.0. The van der Waals surface area contributed by atoms with Crippen LogP contribution in [0.1, 0.15) is 44.7 Å². The summed E-state index contributed by atoms with van der Waals surface area (Å²) >= 11 is 0. The Balaban J connectivity index is 1.90. The van der Waals surface area contributed by atoms with E-state index in [-0.39, 0.29) is 24.0 Å². The van der Waals surface area contributed by atoms with Crippen LogP contribution in [0.5, 0.6) is 5.75 Å². The predicted octanol–water partition coefficient (Wildman–Crippen LogP) is 2.46. The Morgan fingerprint density at radius 1 is 1.29 bits per heavy atom. The molecule has 132 valence electrons. The fourth-order valence-corrected chi connectivity index (χ4v) is 3.08. The van der Waals surface area contributed by atoms with E-state index < -0.39 is 0 Å². The summed E-state index contributed by atoms with van der Waals surface area (Å²) in [6.07, 6.45) is 2.35. The van der Waals surface area contributed by atoms with Crippen molar-refractivity contribution < 1.29 is 14.3 Å². The molecule has 0 saturated carbocycles. The molecular weight excluding hydrogens is 306 g/mol. The number of rotatable bonds is 5. The van der Waals surface area contributed by atoms with Gasteiger partial charge in [0.25, 0.3) is 0 Å². The lowest BCUT2D eigenvalue weighted by Gasteiger charge is -2.32. The molecule has 0 radical (unpaired) electrons. The second-order valence-corrected chi connectivity index (χ2v) is 6.10. The van der Waals surface area contributed by atoms with Gasteiger partial charge in [-0.25, -0.2) is 4.79 Å². The normalized spacial score (nSPS) is 16.4. The van der Waals surface area contributed by atoms with E-state index in [9.17, 15) is 9.59 Å². The van der Waals surface area contributed by atoms with Crippen molar-refractivity contribution in [2.24, 2.45) is 0 Å². The fraction of sp³-hybridized carbons (Fsp3) is 0.556. The van der Waals surface area contributed by atoms with Crippen molar-refractivity contribution in [2.45, 2.75) is 45.2 Å². The second kappa shape index (κ2) is 8.57. The minimum Gasteiger partial charge on any atom is -0.496 e. The van der Waals surface area contributed by atoms with Crippen LogP contribution >= 0.6 is 0 Å². The van der Waals surface area contributed by atoms with E-state index in [1.54, 1.807) is 14.0 Å². The van der Waals surface area contributed by atoms with Crippen LogP contribution in [0.4, 0.5) is 4.79 Å². The van der Waals surface area contributed by atoms with Crippen molar-refractivity contribution in [2.75, 3.05) is 20.2 Å². The number of carbonyl (C=O) groups is 2. The smallest absolute Gasteiger partial charge is 0.315 e. The number of benzene rings is 1. The monoisotopic (exact) mass is 333 g/mol. The highest BCUT2D eigenvalue weighted by atomic mass is 16.5. The molecule has 1 aromatic rings. The van der Waals surface area contributed by atoms with Crippen LogP contribution < -0.4 is 15.4 Å². The summed E-state index contributed by atoms with van der Waals surface area (Å²) in [5.41, 5.74) is 0.976. The van der Waals surface area contributed by atoms with Gasteiger partial charge in [0.2, 0.25) is 5.91 Å². The molecule has 2 N–H and O–H groups in total. The number of urea groups is 1. The molecule has 0 unspecified atom stereocenters. The van der Waals surface area contributed by atoms with Crippen LogP contribution in [-0.2, 0) is 4.79 Å². The van der Waals surface area contributed by atoms with E-state index in [1.165, 1.54) is 0 Å². The number of methoxy groups -OCH3 is 1. The number of piperidine rings is 1. The Hall–Kier alpha value is -2.24. The molecule has 1 aliphatic heterocycles. The average Bonchev–Trinajstić information content (AvgIpc) is 2.60. The van der Waals surface area contributed by atoms with Gasteiger partial charge in [0.1, 0.15) is 5.75 Å². The largest absolute Gasteiger partial charge is 0.496 e. The van der Waals surface area contributed by atoms with Crippen molar-refractivity contribution >= 4 is 11.9 Å². The van der Waals surface area contributed by atoms with Gasteiger partial charge in [-0.1, -0.05) is 25.1 Å². The molecule has 0 aromatic heterocycles. The van der Waals surface area contributed by atoms with Crippen molar-refractivity contribution in [3.8, 4) is 5.75 Å². The number of carbonyl (C=O) groups excluding carboxylic acids is 2. The average molecular weight is 333 g/mol. The summed E-state index contributed by atoms with van der Waals surface area (Å²) in [7, 11) is 1.63. The zero-order valence-corrected chi connectivity index (χ0v) is 14.7. The maximum absolute atomic E-state index is 12.3. The quantitative estimate of drug-likeness (QED) is 0.869. The molecule has 6 nitrogen and oxygen atoms in total. The summed E-state index contributed by atoms with van der Waals surface area (Å²) < 4.78 is 5.38. The van der Waals surface area contributed by atoms with Crippen LogP contribution in [0, 0.1) is 0 Å². The molecule has 6 heteroatoms. The van der Waals surface area contributed by atoms with Crippen LogP contribution in [0.3, 0.4) is 0 Å². The van der Waals surface area contributed by atoms with E-state index >= 15 is 0 Å². The first-order valence-electron chi connectivity index (χ1n) is 8.50. The second-order valence-electron chi connectivity index (χ2n) is 6.10. The minimum atomic E-state index is -0.172. The molecule has 2 rings (SSSR count). The first-order valence-corrected chi connectivity index (χ1v) is 8.50. The number of para-hydroxylation sites is 1. The Labute approximate surface area is 143 Å². The molecule has 24 heavy (non-hydrogen) atoms. The van der Waals surface area contributed by atoms with Crippen LogP contribution in [-0.4, -0.2) is 43.1 Å². The fourth-order valence-electron chi connectivity index (χ4n) is 3.08. The first kappa shape index (κ1) is 18.1. The maximum Gasteiger partial charge on any atom is 0.315 e. The van der Waals surface area contributed by atoms with Crippen LogP contribution in [0.25, 0.3) is 0 Å². The van der Waals surface area contributed by atoms with Crippen LogP contribution in [0.2, 0.25) is 0 Å². The Morgan fingerprint density at radius 2 is 1.96 bits per heavy atom. The number of amides is 3. The standard InChI is InChI=1S/C18H27N3O3/c1-4-16(15-7-5-6-8-17(15)24-3)20-18(23)19-14-9-11-21(12-10-14)13(2)22/h5-8,14,16H,4,9-12H2,1-3H3,(H2,19,20,23)/t16-/m0/s1. The number of likely N-dealkylation sites (tertiary alicyclic amines) is 1. The molecule has 0 aliphatic carbocycles. The number of hydrogen-bond donors (Lipinski definition) is 2. The van der Waals surface area contributed by atoms with E-state index in [2.05, 4.69) is 10.6 Å². The van der Waals surface area contributed by atoms with Crippen molar-refractivity contribution in [3.63, 3.8) is 0 Å². The Kier molecular flexibility index (Phi) is 6.46. The van der Waals surface area contributed by atoms with Crippen LogP contribution in [0.15, 0.2) is 24.3 Å². The summed E-state index contributed by atoms with van der Waals surface area (Å²) in [4.78, 5) is 25.5. The van der Waals surface area contributed by atoms with Gasteiger partial charge in [-0.05, 0) is 25.3 Å². The van der Waals surface area contributed by atoms with Gasteiger partial charge in [0.15, 0.2) is 0 Å². The van der Waals surface area contributed by atoms with Gasteiger partial charge in [0, 0.05) is 31.6 Å². The topological polar surface area (TPSA) is 70.7 Å². The number of ether oxygens (including phenoxy) is 1. The zero-order valence-electron chi connectivity index (χ0n) is 14.7. The van der Waals surface area contributed by atoms with Gasteiger partial charge in [0.05, 0.1) is 13.2 Å². The van der Waals surface area contributed by atoms with Gasteiger partial charge < -0.3 is 20.3 Å². The van der Waals surface area contributed by atoms with Gasteiger partial charge in [-0.2, -0.15) is 0 Å². The predicted molar refractivity (Wildman–Crippen MR) is 93.0 cm³/mol. The van der Waals surface area contributed by atoms with Crippen molar-refractivity contribution in [3.05, 3.63) is 29.8 Å². The van der Waals surface area contributed by atoms with Gasteiger partial charge >= 0.3 is 6.03 Å². The summed E-state index contributed by atoms with van der Waals surface area (Å²) in [6.45, 7) is 5.01. The lowest BCUT2D eigenvalue weighted by molar-refractivity contribution is -0.129. The highest BCUT2D eigenvalue weighted by Gasteiger charge is 2.23. The van der Waals surface area contributed by atoms with E-state index in [0.29, 0.717) is 13.1 Å². The molecule has 3 amide bonds. The maximum atomic E-state index is 12.3. The molecule has 0 bridgehead atoms. The number of hydrogen-bond acceptors (Lipinski definition) is 3. The summed E-state index contributed by atoms with van der Waals surface area (Å²) in [5.74, 6) is 0.875. The molecule has 1 atom stereocenters. The molecule has 1 fully saturated rings. The number of nitrogens with zero attached hydrogens (tertiary/aromatic N) is 1. The lowest BCUT2D eigenvalue weighted by Crippen LogP contribution is -2.49. The Bertz CT molecular complexity index is 568. The third-order valence-corrected chi connectivity index (χ3v) is 4.50. The number of nitrogens with one attached hydrogen (secondary N) is 2.